The van der Waals surface area contributed by atoms with Crippen molar-refractivity contribution in [1.29, 1.82) is 0 Å². The summed E-state index contributed by atoms with van der Waals surface area (Å²) in [4.78, 5) is 25.2. The topological polar surface area (TPSA) is 58.2 Å². The highest BCUT2D eigenvalue weighted by atomic mass is 35.5. The van der Waals surface area contributed by atoms with Gasteiger partial charge in [0.05, 0.1) is 0 Å². The van der Waals surface area contributed by atoms with Crippen LogP contribution in [0.1, 0.15) is 37.9 Å². The van der Waals surface area contributed by atoms with Gasteiger partial charge in [-0.05, 0) is 50.1 Å². The van der Waals surface area contributed by atoms with Crippen LogP contribution >= 0.6 is 11.6 Å². The van der Waals surface area contributed by atoms with Gasteiger partial charge >= 0.3 is 0 Å². The Morgan fingerprint density at radius 1 is 0.962 bits per heavy atom. The fourth-order valence-corrected chi connectivity index (χ4v) is 2.56. The molecule has 2 rings (SSSR count). The highest BCUT2D eigenvalue weighted by Crippen LogP contribution is 2.16. The molecule has 0 aliphatic carbocycles. The second-order valence-corrected chi connectivity index (χ2v) is 6.80. The molecule has 2 N–H and O–H groups in total. The van der Waals surface area contributed by atoms with Gasteiger partial charge in [-0.2, -0.15) is 0 Å². The molecule has 1 atom stereocenters. The normalized spacial score (nSPS) is 12.6. The molecule has 0 spiro atoms. The molecule has 5 heteroatoms. The molecule has 136 valence electrons. The lowest BCUT2D eigenvalue weighted by molar-refractivity contribution is -0.128. The molecular weight excluding hydrogens is 348 g/mol. The van der Waals surface area contributed by atoms with Crippen LogP contribution in [0.5, 0.6) is 0 Å². The SMILES string of the molecule is C/C(=C\c1ccc(Cl)cc1)C(=O)N[C@H](C(=O)NC(C)C)c1ccccc1. The van der Waals surface area contributed by atoms with Crippen molar-refractivity contribution < 1.29 is 9.59 Å². The molecule has 0 aliphatic heterocycles. The van der Waals surface area contributed by atoms with E-state index in [1.807, 2.05) is 56.3 Å². The van der Waals surface area contributed by atoms with Gasteiger partial charge in [0.15, 0.2) is 0 Å². The summed E-state index contributed by atoms with van der Waals surface area (Å²) < 4.78 is 0. The Kier molecular flexibility index (Phi) is 6.98. The van der Waals surface area contributed by atoms with Crippen molar-refractivity contribution >= 4 is 29.5 Å². The largest absolute Gasteiger partial charge is 0.352 e. The van der Waals surface area contributed by atoms with Crippen molar-refractivity contribution in [3.63, 3.8) is 0 Å². The van der Waals surface area contributed by atoms with Crippen LogP contribution in [-0.2, 0) is 9.59 Å². The summed E-state index contributed by atoms with van der Waals surface area (Å²) in [6.07, 6.45) is 1.76. The summed E-state index contributed by atoms with van der Waals surface area (Å²) in [7, 11) is 0. The average molecular weight is 371 g/mol. The molecule has 0 fully saturated rings. The molecule has 26 heavy (non-hydrogen) atoms. The Labute approximate surface area is 159 Å². The van der Waals surface area contributed by atoms with Gasteiger partial charge in [0.1, 0.15) is 6.04 Å². The van der Waals surface area contributed by atoms with Gasteiger partial charge in [-0.3, -0.25) is 9.59 Å². The smallest absolute Gasteiger partial charge is 0.247 e. The lowest BCUT2D eigenvalue weighted by Gasteiger charge is -2.20. The van der Waals surface area contributed by atoms with E-state index in [1.165, 1.54) is 0 Å². The van der Waals surface area contributed by atoms with Crippen molar-refractivity contribution in [1.82, 2.24) is 10.6 Å². The first kappa shape index (κ1) is 19.7. The van der Waals surface area contributed by atoms with Crippen LogP contribution in [0.4, 0.5) is 0 Å². The molecule has 0 aromatic heterocycles. The minimum atomic E-state index is -0.750. The summed E-state index contributed by atoms with van der Waals surface area (Å²) in [5.41, 5.74) is 2.11. The standard InChI is InChI=1S/C21H23ClN2O2/c1-14(2)23-21(26)19(17-7-5-4-6-8-17)24-20(25)15(3)13-16-9-11-18(22)12-10-16/h4-14,19H,1-3H3,(H,23,26)(H,24,25)/b15-13+/t19-/m0/s1. The molecule has 2 amide bonds. The van der Waals surface area contributed by atoms with Crippen LogP contribution in [0.3, 0.4) is 0 Å². The molecule has 0 radical (unpaired) electrons. The molecular formula is C21H23ClN2O2. The average Bonchev–Trinajstić information content (AvgIpc) is 2.61. The summed E-state index contributed by atoms with van der Waals surface area (Å²) in [6.45, 7) is 5.48. The van der Waals surface area contributed by atoms with E-state index >= 15 is 0 Å². The Morgan fingerprint density at radius 3 is 2.15 bits per heavy atom. The van der Waals surface area contributed by atoms with Gasteiger partial charge in [-0.25, -0.2) is 0 Å². The molecule has 0 bridgehead atoms. The van der Waals surface area contributed by atoms with Crippen molar-refractivity contribution in [2.45, 2.75) is 32.9 Å². The highest BCUT2D eigenvalue weighted by molar-refractivity contribution is 6.30. The number of carbonyl (C=O) groups is 2. The zero-order valence-electron chi connectivity index (χ0n) is 15.1. The summed E-state index contributed by atoms with van der Waals surface area (Å²) in [5.74, 6) is -0.536. The first-order chi connectivity index (χ1) is 12.4. The van der Waals surface area contributed by atoms with E-state index in [0.717, 1.165) is 11.1 Å². The second-order valence-electron chi connectivity index (χ2n) is 6.36. The van der Waals surface area contributed by atoms with E-state index in [0.29, 0.717) is 10.6 Å². The molecule has 0 saturated carbocycles. The molecule has 0 aliphatic rings. The minimum absolute atomic E-state index is 0.0173. The third kappa shape index (κ3) is 5.74. The van der Waals surface area contributed by atoms with Crippen LogP contribution < -0.4 is 10.6 Å². The van der Waals surface area contributed by atoms with Crippen molar-refractivity contribution in [2.24, 2.45) is 0 Å². The number of amides is 2. The first-order valence-electron chi connectivity index (χ1n) is 8.47. The first-order valence-corrected chi connectivity index (χ1v) is 8.84. The quantitative estimate of drug-likeness (QED) is 0.751. The summed E-state index contributed by atoms with van der Waals surface area (Å²) in [5, 5.41) is 6.32. The summed E-state index contributed by atoms with van der Waals surface area (Å²) in [6, 6.07) is 15.6. The van der Waals surface area contributed by atoms with Crippen LogP contribution in [0.25, 0.3) is 6.08 Å². The highest BCUT2D eigenvalue weighted by Gasteiger charge is 2.23. The Bertz CT molecular complexity index is 783. The Balaban J connectivity index is 2.19. The maximum atomic E-state index is 12.6. The molecule has 2 aromatic rings. The van der Waals surface area contributed by atoms with E-state index in [-0.39, 0.29) is 17.9 Å². The molecule has 0 saturated heterocycles. The maximum absolute atomic E-state index is 12.6. The number of carbonyl (C=O) groups excluding carboxylic acids is 2. The number of hydrogen-bond acceptors (Lipinski definition) is 2. The molecule has 0 unspecified atom stereocenters. The number of hydrogen-bond donors (Lipinski definition) is 2. The van der Waals surface area contributed by atoms with Crippen molar-refractivity contribution in [2.75, 3.05) is 0 Å². The maximum Gasteiger partial charge on any atom is 0.247 e. The van der Waals surface area contributed by atoms with E-state index in [9.17, 15) is 9.59 Å². The van der Waals surface area contributed by atoms with Gasteiger partial charge in [0.2, 0.25) is 11.8 Å². The van der Waals surface area contributed by atoms with Gasteiger partial charge in [0.25, 0.3) is 0 Å². The van der Waals surface area contributed by atoms with Gasteiger partial charge in [-0.15, -0.1) is 0 Å². The zero-order valence-corrected chi connectivity index (χ0v) is 15.9. The van der Waals surface area contributed by atoms with E-state index < -0.39 is 6.04 Å². The lowest BCUT2D eigenvalue weighted by atomic mass is 10.0. The number of nitrogens with one attached hydrogen (secondary N) is 2. The third-order valence-corrected chi connectivity index (χ3v) is 3.96. The van der Waals surface area contributed by atoms with E-state index in [1.54, 1.807) is 25.1 Å². The summed E-state index contributed by atoms with van der Waals surface area (Å²) >= 11 is 5.88. The van der Waals surface area contributed by atoms with Crippen LogP contribution in [0.15, 0.2) is 60.2 Å². The Morgan fingerprint density at radius 2 is 1.58 bits per heavy atom. The van der Waals surface area contributed by atoms with Gasteiger partial charge in [-0.1, -0.05) is 54.1 Å². The predicted molar refractivity (Wildman–Crippen MR) is 106 cm³/mol. The number of rotatable bonds is 6. The van der Waals surface area contributed by atoms with Crippen LogP contribution in [0.2, 0.25) is 5.02 Å². The monoisotopic (exact) mass is 370 g/mol. The number of halogens is 1. The fourth-order valence-electron chi connectivity index (χ4n) is 2.43. The molecule has 0 heterocycles. The van der Waals surface area contributed by atoms with Crippen LogP contribution in [0, 0.1) is 0 Å². The third-order valence-electron chi connectivity index (χ3n) is 3.71. The van der Waals surface area contributed by atoms with Crippen molar-refractivity contribution in [3.05, 3.63) is 76.3 Å². The molecule has 2 aromatic carbocycles. The Hall–Kier alpha value is -2.59. The van der Waals surface area contributed by atoms with E-state index in [4.69, 9.17) is 11.6 Å². The van der Waals surface area contributed by atoms with Gasteiger partial charge < -0.3 is 10.6 Å². The lowest BCUT2D eigenvalue weighted by Crippen LogP contribution is -2.43. The van der Waals surface area contributed by atoms with Crippen LogP contribution in [-0.4, -0.2) is 17.9 Å². The molecule has 4 nitrogen and oxygen atoms in total. The zero-order chi connectivity index (χ0) is 19.1. The number of benzene rings is 2. The predicted octanol–water partition coefficient (Wildman–Crippen LogP) is 4.13. The van der Waals surface area contributed by atoms with E-state index in [2.05, 4.69) is 10.6 Å². The van der Waals surface area contributed by atoms with Crippen molar-refractivity contribution in [3.8, 4) is 0 Å². The minimum Gasteiger partial charge on any atom is -0.352 e. The van der Waals surface area contributed by atoms with Gasteiger partial charge in [0, 0.05) is 16.6 Å². The fraction of sp³-hybridized carbons (Fsp3) is 0.238. The second kappa shape index (κ2) is 9.20.